The van der Waals surface area contributed by atoms with Crippen LogP contribution in [-0.4, -0.2) is 48.6 Å². The molecular weight excluding hydrogens is 230 g/mol. The predicted molar refractivity (Wildman–Crippen MR) is 64.3 cm³/mol. The third-order valence-electron chi connectivity index (χ3n) is 1.54. The molecule has 0 aromatic heterocycles. The zero-order valence-electron chi connectivity index (χ0n) is 7.76. The Hall–Kier alpha value is 1.22. The van der Waals surface area contributed by atoms with Crippen LogP contribution in [0.25, 0.3) is 0 Å². The lowest BCUT2D eigenvalue weighted by Gasteiger charge is -2.28. The number of aliphatic hydroxyl groups is 2. The Labute approximate surface area is 84.4 Å². The number of rotatable bonds is 3. The van der Waals surface area contributed by atoms with Gasteiger partial charge in [-0.3, -0.25) is 0 Å². The third-order valence-corrected chi connectivity index (χ3v) is 6.19. The van der Waals surface area contributed by atoms with E-state index in [1.54, 1.807) is 0 Å². The lowest BCUT2D eigenvalue weighted by molar-refractivity contribution is 0.128. The Balaban J connectivity index is 4.64. The van der Waals surface area contributed by atoms with Gasteiger partial charge in [0.2, 0.25) is 0 Å². The Morgan fingerprint density at radius 2 is 1.00 bits per heavy atom. The van der Waals surface area contributed by atoms with Crippen LogP contribution in [0.1, 0.15) is 0 Å². The highest BCUT2D eigenvalue weighted by atomic mass is 32.4. The summed E-state index contributed by atoms with van der Waals surface area (Å²) in [5, 5.41) is 19.3. The molecule has 0 aliphatic heterocycles. The van der Waals surface area contributed by atoms with E-state index in [4.69, 9.17) is 23.6 Å². The number of hydrogen-bond donors (Lipinski definition) is 2. The molecular formula is C6H16O2P2S2. The van der Waals surface area contributed by atoms with Crippen molar-refractivity contribution in [3.05, 3.63) is 0 Å². The maximum absolute atomic E-state index is 9.65. The van der Waals surface area contributed by atoms with Crippen molar-refractivity contribution in [3.63, 3.8) is 0 Å². The van der Waals surface area contributed by atoms with Crippen molar-refractivity contribution in [2.75, 3.05) is 26.7 Å². The van der Waals surface area contributed by atoms with Gasteiger partial charge in [-0.25, -0.2) is 0 Å². The van der Waals surface area contributed by atoms with Crippen LogP contribution in [0, 0.1) is 0 Å². The SMILES string of the molecule is CP(C)(=S)C(O)C(O)P(C)(C)=S. The Morgan fingerprint density at radius 3 is 1.08 bits per heavy atom. The second-order valence-electron chi connectivity index (χ2n) is 3.70. The normalized spacial score (nSPS) is 18.8. The van der Waals surface area contributed by atoms with Gasteiger partial charge in [0.1, 0.15) is 11.7 Å². The Bertz CT molecular complexity index is 216. The monoisotopic (exact) mass is 246 g/mol. The molecule has 0 radical (unpaired) electrons. The third kappa shape index (κ3) is 3.95. The van der Waals surface area contributed by atoms with E-state index in [1.165, 1.54) is 0 Å². The maximum Gasteiger partial charge on any atom is 0.112 e. The maximum atomic E-state index is 9.65. The van der Waals surface area contributed by atoms with Crippen molar-refractivity contribution < 1.29 is 10.2 Å². The van der Waals surface area contributed by atoms with E-state index < -0.39 is 23.8 Å². The molecule has 0 heterocycles. The summed E-state index contributed by atoms with van der Waals surface area (Å²) in [5.74, 6) is -1.60. The first-order chi connectivity index (χ1) is 5.07. The van der Waals surface area contributed by atoms with Crippen molar-refractivity contribution >= 4 is 35.7 Å². The molecule has 0 aromatic carbocycles. The summed E-state index contributed by atoms with van der Waals surface area (Å²) in [6, 6.07) is -3.62. The van der Waals surface area contributed by atoms with Gasteiger partial charge >= 0.3 is 0 Å². The molecule has 0 fully saturated rings. The quantitative estimate of drug-likeness (QED) is 0.732. The van der Waals surface area contributed by atoms with E-state index in [0.717, 1.165) is 0 Å². The summed E-state index contributed by atoms with van der Waals surface area (Å²) < 4.78 is 0. The highest BCUT2D eigenvalue weighted by molar-refractivity contribution is 8.16. The van der Waals surface area contributed by atoms with E-state index >= 15 is 0 Å². The molecule has 0 saturated heterocycles. The van der Waals surface area contributed by atoms with Crippen molar-refractivity contribution in [1.82, 2.24) is 0 Å². The van der Waals surface area contributed by atoms with Gasteiger partial charge in [-0.1, -0.05) is 23.6 Å². The van der Waals surface area contributed by atoms with Crippen molar-refractivity contribution in [1.29, 1.82) is 0 Å². The van der Waals surface area contributed by atoms with Gasteiger partial charge in [0.05, 0.1) is 0 Å². The smallest absolute Gasteiger partial charge is 0.112 e. The molecule has 2 nitrogen and oxygen atoms in total. The van der Waals surface area contributed by atoms with Crippen LogP contribution in [0.3, 0.4) is 0 Å². The van der Waals surface area contributed by atoms with Crippen molar-refractivity contribution in [3.8, 4) is 0 Å². The van der Waals surface area contributed by atoms with Gasteiger partial charge in [0, 0.05) is 0 Å². The number of hydrogen-bond acceptors (Lipinski definition) is 4. The number of aliphatic hydroxyl groups excluding tert-OH is 2. The topological polar surface area (TPSA) is 40.5 Å². The molecule has 0 saturated carbocycles. The fraction of sp³-hybridized carbons (Fsp3) is 1.00. The van der Waals surface area contributed by atoms with Gasteiger partial charge in [-0.15, -0.1) is 0 Å². The summed E-state index contributed by atoms with van der Waals surface area (Å²) in [7, 11) is 0. The molecule has 0 spiro atoms. The molecule has 0 amide bonds. The van der Waals surface area contributed by atoms with Crippen molar-refractivity contribution in [2.45, 2.75) is 11.7 Å². The zero-order valence-corrected chi connectivity index (χ0v) is 11.2. The second-order valence-corrected chi connectivity index (χ2v) is 16.1. The fourth-order valence-electron chi connectivity index (χ4n) is 0.642. The van der Waals surface area contributed by atoms with E-state index in [-0.39, 0.29) is 0 Å². The summed E-state index contributed by atoms with van der Waals surface area (Å²) in [6.07, 6.45) is 0. The van der Waals surface area contributed by atoms with Gasteiger partial charge < -0.3 is 10.2 Å². The summed E-state index contributed by atoms with van der Waals surface area (Å²) in [5.41, 5.74) is 0. The molecule has 2 atom stereocenters. The molecule has 12 heavy (non-hydrogen) atoms. The minimum absolute atomic E-state index is 0.798. The molecule has 6 heteroatoms. The minimum atomic E-state index is -1.81. The average molecular weight is 246 g/mol. The van der Waals surface area contributed by atoms with Crippen LogP contribution < -0.4 is 0 Å². The van der Waals surface area contributed by atoms with Gasteiger partial charge in [-0.2, -0.15) is 0 Å². The fourth-order valence-corrected chi connectivity index (χ4v) is 5.16. The molecule has 74 valence electrons. The Morgan fingerprint density at radius 1 is 0.833 bits per heavy atom. The highest BCUT2D eigenvalue weighted by Gasteiger charge is 2.30. The van der Waals surface area contributed by atoms with Crippen LogP contribution in [0.2, 0.25) is 0 Å². The first-order valence-corrected chi connectivity index (χ1v) is 11.1. The second kappa shape index (κ2) is 4.16. The molecule has 2 N–H and O–H groups in total. The van der Waals surface area contributed by atoms with E-state index in [1.807, 2.05) is 26.7 Å². The van der Waals surface area contributed by atoms with Crippen molar-refractivity contribution in [2.24, 2.45) is 0 Å². The standard InChI is InChI=1S/C6H16O2P2S2/c1-9(2,11)5(7)6(8)10(3,4)12/h5-8H,1-4H3. The molecule has 0 aromatic rings. The average Bonchev–Trinajstić information content (AvgIpc) is 1.80. The predicted octanol–water partition coefficient (Wildman–Crippen LogP) is 1.10. The zero-order chi connectivity index (χ0) is 10.2. The van der Waals surface area contributed by atoms with Gasteiger partial charge in [-0.05, 0) is 38.7 Å². The van der Waals surface area contributed by atoms with E-state index in [2.05, 4.69) is 0 Å². The van der Waals surface area contributed by atoms with Crippen LogP contribution >= 0.6 is 12.1 Å². The lowest BCUT2D eigenvalue weighted by Crippen LogP contribution is -2.24. The van der Waals surface area contributed by atoms with Gasteiger partial charge in [0.15, 0.2) is 0 Å². The van der Waals surface area contributed by atoms with Crippen LogP contribution in [-0.2, 0) is 23.6 Å². The molecule has 0 aliphatic rings. The van der Waals surface area contributed by atoms with E-state index in [9.17, 15) is 10.2 Å². The van der Waals surface area contributed by atoms with Crippen LogP contribution in [0.15, 0.2) is 0 Å². The van der Waals surface area contributed by atoms with Gasteiger partial charge in [0.25, 0.3) is 0 Å². The van der Waals surface area contributed by atoms with E-state index in [0.29, 0.717) is 0 Å². The minimum Gasteiger partial charge on any atom is -0.385 e. The summed E-state index contributed by atoms with van der Waals surface area (Å²) in [6.45, 7) is 7.28. The highest BCUT2D eigenvalue weighted by Crippen LogP contribution is 2.53. The molecule has 0 bridgehead atoms. The summed E-state index contributed by atoms with van der Waals surface area (Å²) in [4.78, 5) is 0. The first kappa shape index (κ1) is 13.2. The molecule has 0 aliphatic carbocycles. The van der Waals surface area contributed by atoms with Crippen LogP contribution in [0.5, 0.6) is 0 Å². The summed E-state index contributed by atoms with van der Waals surface area (Å²) >= 11 is 10.3. The molecule has 2 unspecified atom stereocenters. The van der Waals surface area contributed by atoms with Crippen LogP contribution in [0.4, 0.5) is 0 Å². The Kier molecular flexibility index (Phi) is 4.59. The first-order valence-electron chi connectivity index (χ1n) is 3.52. The largest absolute Gasteiger partial charge is 0.385 e. The molecule has 0 rings (SSSR count). The lowest BCUT2D eigenvalue weighted by atomic mass is 10.8.